The van der Waals surface area contributed by atoms with Crippen molar-refractivity contribution in [3.8, 4) is 16.9 Å². The van der Waals surface area contributed by atoms with E-state index in [4.69, 9.17) is 9.94 Å². The van der Waals surface area contributed by atoms with Gasteiger partial charge in [0, 0.05) is 6.54 Å². The number of carbonyl (C=O) groups is 1. The first kappa shape index (κ1) is 17.9. The third-order valence-corrected chi connectivity index (χ3v) is 4.39. The number of rotatable bonds is 8. The molecule has 0 atom stereocenters. The average molecular weight is 350 g/mol. The van der Waals surface area contributed by atoms with E-state index >= 15 is 0 Å². The predicted octanol–water partition coefficient (Wildman–Crippen LogP) is 1.16. The molecule has 0 bridgehead atoms. The van der Waals surface area contributed by atoms with Crippen LogP contribution < -0.4 is 14.9 Å². The van der Waals surface area contributed by atoms with Crippen molar-refractivity contribution in [1.82, 2.24) is 10.2 Å². The summed E-state index contributed by atoms with van der Waals surface area (Å²) in [6.07, 6.45) is 0. The van der Waals surface area contributed by atoms with E-state index in [-0.39, 0.29) is 13.2 Å². The molecule has 0 spiro atoms. The normalized spacial score (nSPS) is 11.0. The Hall–Kier alpha value is -2.42. The maximum absolute atomic E-state index is 11.5. The number of hydrogen-bond acceptors (Lipinski definition) is 5. The first-order valence-electron chi connectivity index (χ1n) is 7.19. The van der Waals surface area contributed by atoms with Crippen LogP contribution in [-0.4, -0.2) is 38.4 Å². The van der Waals surface area contributed by atoms with Crippen LogP contribution in [-0.2, 0) is 14.8 Å². The van der Waals surface area contributed by atoms with Gasteiger partial charge in [0.25, 0.3) is 5.91 Å². The number of sulfonamides is 1. The maximum Gasteiger partial charge on any atom is 0.259 e. The number of hydrogen-bond donors (Lipinski definition) is 3. The molecule has 8 heteroatoms. The Morgan fingerprint density at radius 3 is 2.25 bits per heavy atom. The molecule has 0 radical (unpaired) electrons. The standard InChI is InChI=1S/C16H18N2O5S/c19-16(18-20)12-24(21,22)17-10-11-23-15-8-6-14(7-9-15)13-4-2-1-3-5-13/h1-9,17,20H,10-12H2,(H,18,19). The van der Waals surface area contributed by atoms with Gasteiger partial charge >= 0.3 is 0 Å². The fraction of sp³-hybridized carbons (Fsp3) is 0.188. The topological polar surface area (TPSA) is 105 Å². The summed E-state index contributed by atoms with van der Waals surface area (Å²) in [7, 11) is -3.79. The minimum atomic E-state index is -3.79. The zero-order valence-corrected chi connectivity index (χ0v) is 13.6. The highest BCUT2D eigenvalue weighted by molar-refractivity contribution is 7.90. The highest BCUT2D eigenvalue weighted by atomic mass is 32.2. The quantitative estimate of drug-likeness (QED) is 0.376. The number of benzene rings is 2. The Labute approximate surface area is 140 Å². The molecule has 0 aliphatic rings. The van der Waals surface area contributed by atoms with E-state index in [1.54, 1.807) is 12.1 Å². The summed E-state index contributed by atoms with van der Waals surface area (Å²) >= 11 is 0. The van der Waals surface area contributed by atoms with Crippen LogP contribution in [0.3, 0.4) is 0 Å². The lowest BCUT2D eigenvalue weighted by molar-refractivity contribution is -0.126. The zero-order valence-electron chi connectivity index (χ0n) is 12.8. The SMILES string of the molecule is O=C(CS(=O)(=O)NCCOc1ccc(-c2ccccc2)cc1)NO. The number of ether oxygens (including phenoxy) is 1. The molecule has 0 saturated heterocycles. The van der Waals surface area contributed by atoms with Gasteiger partial charge in [-0.15, -0.1) is 0 Å². The van der Waals surface area contributed by atoms with E-state index in [1.165, 1.54) is 5.48 Å². The van der Waals surface area contributed by atoms with Gasteiger partial charge in [-0.2, -0.15) is 0 Å². The number of carbonyl (C=O) groups excluding carboxylic acids is 1. The summed E-state index contributed by atoms with van der Waals surface area (Å²) in [6.45, 7) is 0.131. The largest absolute Gasteiger partial charge is 0.492 e. The number of nitrogens with one attached hydrogen (secondary N) is 2. The van der Waals surface area contributed by atoms with Gasteiger partial charge in [-0.1, -0.05) is 42.5 Å². The summed E-state index contributed by atoms with van der Waals surface area (Å²) in [5, 5.41) is 8.31. The van der Waals surface area contributed by atoms with Crippen molar-refractivity contribution in [1.29, 1.82) is 0 Å². The highest BCUT2D eigenvalue weighted by Crippen LogP contribution is 2.21. The summed E-state index contributed by atoms with van der Waals surface area (Å²) in [5.41, 5.74) is 3.42. The van der Waals surface area contributed by atoms with E-state index in [1.807, 2.05) is 42.5 Å². The average Bonchev–Trinajstić information content (AvgIpc) is 2.59. The van der Waals surface area contributed by atoms with Crippen LogP contribution in [0.25, 0.3) is 11.1 Å². The Kier molecular flexibility index (Phi) is 6.30. The molecule has 0 aliphatic carbocycles. The molecule has 2 aromatic rings. The molecule has 1 amide bonds. The molecule has 0 unspecified atom stereocenters. The summed E-state index contributed by atoms with van der Waals surface area (Å²) in [6, 6.07) is 17.3. The van der Waals surface area contributed by atoms with Crippen molar-refractivity contribution in [2.24, 2.45) is 0 Å². The Morgan fingerprint density at radius 1 is 1.00 bits per heavy atom. The second kappa shape index (κ2) is 8.44. The summed E-state index contributed by atoms with van der Waals surface area (Å²) < 4.78 is 30.6. The van der Waals surface area contributed by atoms with E-state index in [0.29, 0.717) is 5.75 Å². The van der Waals surface area contributed by atoms with Gasteiger partial charge in [0.2, 0.25) is 10.0 Å². The Bertz CT molecular complexity index is 761. The van der Waals surface area contributed by atoms with Gasteiger partial charge < -0.3 is 4.74 Å². The first-order chi connectivity index (χ1) is 11.5. The van der Waals surface area contributed by atoms with Crippen LogP contribution in [0.5, 0.6) is 5.75 Å². The Morgan fingerprint density at radius 2 is 1.62 bits per heavy atom. The third kappa shape index (κ3) is 5.65. The van der Waals surface area contributed by atoms with Gasteiger partial charge in [-0.25, -0.2) is 18.6 Å². The van der Waals surface area contributed by atoms with E-state index in [0.717, 1.165) is 11.1 Å². The van der Waals surface area contributed by atoms with E-state index in [2.05, 4.69) is 4.72 Å². The minimum Gasteiger partial charge on any atom is -0.492 e. The van der Waals surface area contributed by atoms with Gasteiger partial charge in [-0.05, 0) is 23.3 Å². The highest BCUT2D eigenvalue weighted by Gasteiger charge is 2.15. The van der Waals surface area contributed by atoms with Crippen molar-refractivity contribution in [2.45, 2.75) is 0 Å². The smallest absolute Gasteiger partial charge is 0.259 e. The molecule has 7 nitrogen and oxygen atoms in total. The fourth-order valence-corrected chi connectivity index (χ4v) is 2.90. The number of hydroxylamine groups is 1. The molecular weight excluding hydrogens is 332 g/mol. The molecule has 2 aromatic carbocycles. The molecule has 0 fully saturated rings. The molecule has 2 rings (SSSR count). The second-order valence-corrected chi connectivity index (χ2v) is 6.73. The predicted molar refractivity (Wildman–Crippen MR) is 89.1 cm³/mol. The molecule has 0 saturated carbocycles. The fourth-order valence-electron chi connectivity index (χ4n) is 2.00. The van der Waals surface area contributed by atoms with Gasteiger partial charge in [0.15, 0.2) is 0 Å². The van der Waals surface area contributed by atoms with Crippen LogP contribution >= 0.6 is 0 Å². The molecule has 0 heterocycles. The first-order valence-corrected chi connectivity index (χ1v) is 8.84. The van der Waals surface area contributed by atoms with E-state index in [9.17, 15) is 13.2 Å². The molecule has 3 N–H and O–H groups in total. The Balaban J connectivity index is 1.80. The van der Waals surface area contributed by atoms with Gasteiger partial charge in [0.05, 0.1) is 0 Å². The monoisotopic (exact) mass is 350 g/mol. The second-order valence-electron chi connectivity index (χ2n) is 4.93. The van der Waals surface area contributed by atoms with Crippen molar-refractivity contribution in [3.63, 3.8) is 0 Å². The van der Waals surface area contributed by atoms with Crippen LogP contribution in [0.2, 0.25) is 0 Å². The third-order valence-electron chi connectivity index (χ3n) is 3.10. The lowest BCUT2D eigenvalue weighted by Crippen LogP contribution is -2.36. The minimum absolute atomic E-state index is 0.0154. The lowest BCUT2D eigenvalue weighted by atomic mass is 10.1. The molecule has 0 aromatic heterocycles. The summed E-state index contributed by atoms with van der Waals surface area (Å²) in [4.78, 5) is 10.8. The van der Waals surface area contributed by atoms with Crippen LogP contribution in [0.15, 0.2) is 54.6 Å². The zero-order chi connectivity index (χ0) is 17.4. The molecule has 24 heavy (non-hydrogen) atoms. The van der Waals surface area contributed by atoms with Gasteiger partial charge in [0.1, 0.15) is 18.1 Å². The van der Waals surface area contributed by atoms with Crippen LogP contribution in [0, 0.1) is 0 Å². The van der Waals surface area contributed by atoms with E-state index < -0.39 is 21.7 Å². The summed E-state index contributed by atoms with van der Waals surface area (Å²) in [5.74, 6) is -1.23. The van der Waals surface area contributed by atoms with Crippen molar-refractivity contribution < 1.29 is 23.2 Å². The van der Waals surface area contributed by atoms with Gasteiger partial charge in [-0.3, -0.25) is 10.0 Å². The maximum atomic E-state index is 11.5. The van der Waals surface area contributed by atoms with Crippen molar-refractivity contribution in [2.75, 3.05) is 18.9 Å². The van der Waals surface area contributed by atoms with Crippen LogP contribution in [0.1, 0.15) is 0 Å². The molecular formula is C16H18N2O5S. The van der Waals surface area contributed by atoms with Crippen molar-refractivity contribution >= 4 is 15.9 Å². The lowest BCUT2D eigenvalue weighted by Gasteiger charge is -2.09. The molecule has 0 aliphatic heterocycles. The number of amides is 1. The van der Waals surface area contributed by atoms with Crippen LogP contribution in [0.4, 0.5) is 0 Å². The van der Waals surface area contributed by atoms with Crippen molar-refractivity contribution in [3.05, 3.63) is 54.6 Å². The molecule has 128 valence electrons.